The van der Waals surface area contributed by atoms with Gasteiger partial charge in [0, 0.05) is 18.1 Å². The summed E-state index contributed by atoms with van der Waals surface area (Å²) in [4.78, 5) is 0. The number of anilines is 1. The monoisotopic (exact) mass is 271 g/mol. The summed E-state index contributed by atoms with van der Waals surface area (Å²) in [6, 6.07) is 15.3. The summed E-state index contributed by atoms with van der Waals surface area (Å²) < 4.78 is 0. The van der Waals surface area contributed by atoms with Gasteiger partial charge in [-0.3, -0.25) is 0 Å². The van der Waals surface area contributed by atoms with Crippen molar-refractivity contribution in [1.29, 1.82) is 5.26 Å². The topological polar surface area (TPSA) is 61.8 Å². The Morgan fingerprint density at radius 2 is 1.89 bits per heavy atom. The first-order chi connectivity index (χ1) is 9.24. The average Bonchev–Trinajstić information content (AvgIpc) is 2.46. The van der Waals surface area contributed by atoms with Crippen molar-refractivity contribution in [2.75, 3.05) is 5.32 Å². The van der Waals surface area contributed by atoms with Crippen molar-refractivity contribution >= 4 is 17.3 Å². The van der Waals surface area contributed by atoms with Gasteiger partial charge in [0.25, 0.3) is 0 Å². The largest absolute Gasteiger partial charge is 0.380 e. The van der Waals surface area contributed by atoms with Gasteiger partial charge in [-0.1, -0.05) is 35.9 Å². The van der Waals surface area contributed by atoms with Crippen LogP contribution in [0.2, 0.25) is 5.02 Å². The number of hydrogen-bond acceptors (Lipinski definition) is 3. The van der Waals surface area contributed by atoms with E-state index in [4.69, 9.17) is 22.6 Å². The molecule has 0 saturated carbocycles. The maximum absolute atomic E-state index is 9.07. The van der Waals surface area contributed by atoms with Gasteiger partial charge in [-0.25, -0.2) is 0 Å². The van der Waals surface area contributed by atoms with Gasteiger partial charge in [0.2, 0.25) is 0 Å². The minimum atomic E-state index is 0.504. The third kappa shape index (κ3) is 3.25. The highest BCUT2D eigenvalue weighted by atomic mass is 35.5. The normalized spacial score (nSPS) is 9.95. The average molecular weight is 272 g/mol. The molecule has 4 heteroatoms. The SMILES string of the molecule is N#Cc1cc(Cl)ccc1NCc1ccccc1CN. The first-order valence-electron chi connectivity index (χ1n) is 5.95. The number of nitrogens with zero attached hydrogens (tertiary/aromatic N) is 1. The van der Waals surface area contributed by atoms with E-state index in [1.54, 1.807) is 12.1 Å². The summed E-state index contributed by atoms with van der Waals surface area (Å²) in [6.07, 6.45) is 0. The molecule has 0 aliphatic heterocycles. The van der Waals surface area contributed by atoms with E-state index in [0.717, 1.165) is 16.8 Å². The molecule has 0 spiro atoms. The smallest absolute Gasteiger partial charge is 0.101 e. The van der Waals surface area contributed by atoms with Crippen LogP contribution >= 0.6 is 11.6 Å². The van der Waals surface area contributed by atoms with Gasteiger partial charge in [0.1, 0.15) is 6.07 Å². The molecule has 96 valence electrons. The lowest BCUT2D eigenvalue weighted by Gasteiger charge is -2.11. The lowest BCUT2D eigenvalue weighted by atomic mass is 10.1. The Morgan fingerprint density at radius 3 is 2.58 bits per heavy atom. The zero-order valence-electron chi connectivity index (χ0n) is 10.4. The van der Waals surface area contributed by atoms with Gasteiger partial charge in [-0.05, 0) is 29.3 Å². The fourth-order valence-corrected chi connectivity index (χ4v) is 2.05. The fraction of sp³-hybridized carbons (Fsp3) is 0.133. The summed E-state index contributed by atoms with van der Waals surface area (Å²) in [5, 5.41) is 12.9. The second-order valence-corrected chi connectivity index (χ2v) is 4.56. The second-order valence-electron chi connectivity index (χ2n) is 4.13. The van der Waals surface area contributed by atoms with Crippen molar-refractivity contribution in [1.82, 2.24) is 0 Å². The van der Waals surface area contributed by atoms with Crippen LogP contribution in [-0.2, 0) is 13.1 Å². The molecule has 0 bridgehead atoms. The number of nitrogens with two attached hydrogens (primary N) is 1. The standard InChI is InChI=1S/C15H14ClN3/c16-14-5-6-15(13(7-14)9-18)19-10-12-4-2-1-3-11(12)8-17/h1-7,19H,8,10,17H2. The van der Waals surface area contributed by atoms with Gasteiger partial charge < -0.3 is 11.1 Å². The summed E-state index contributed by atoms with van der Waals surface area (Å²) >= 11 is 5.87. The van der Waals surface area contributed by atoms with E-state index in [-0.39, 0.29) is 0 Å². The van der Waals surface area contributed by atoms with E-state index >= 15 is 0 Å². The number of halogens is 1. The molecular formula is C15H14ClN3. The molecule has 2 rings (SSSR count). The maximum atomic E-state index is 9.07. The first-order valence-corrected chi connectivity index (χ1v) is 6.32. The molecule has 2 aromatic rings. The van der Waals surface area contributed by atoms with E-state index in [9.17, 15) is 0 Å². The maximum Gasteiger partial charge on any atom is 0.101 e. The van der Waals surface area contributed by atoms with Gasteiger partial charge in [-0.2, -0.15) is 5.26 Å². The Labute approximate surface area is 117 Å². The van der Waals surface area contributed by atoms with Gasteiger partial charge >= 0.3 is 0 Å². The number of hydrogen-bond donors (Lipinski definition) is 2. The Kier molecular flexibility index (Phi) is 4.40. The third-order valence-electron chi connectivity index (χ3n) is 2.91. The van der Waals surface area contributed by atoms with E-state index in [1.165, 1.54) is 0 Å². The molecular weight excluding hydrogens is 258 g/mol. The Bertz CT molecular complexity index is 617. The highest BCUT2D eigenvalue weighted by Crippen LogP contribution is 2.21. The van der Waals surface area contributed by atoms with Crippen molar-refractivity contribution in [2.24, 2.45) is 5.73 Å². The summed E-state index contributed by atoms with van der Waals surface area (Å²) in [5.41, 5.74) is 9.24. The van der Waals surface area contributed by atoms with Crippen molar-refractivity contribution in [3.63, 3.8) is 0 Å². The zero-order valence-corrected chi connectivity index (χ0v) is 11.1. The fourth-order valence-electron chi connectivity index (χ4n) is 1.88. The van der Waals surface area contributed by atoms with Crippen LogP contribution in [0.3, 0.4) is 0 Å². The van der Waals surface area contributed by atoms with Crippen LogP contribution < -0.4 is 11.1 Å². The molecule has 19 heavy (non-hydrogen) atoms. The van der Waals surface area contributed by atoms with E-state index in [0.29, 0.717) is 23.7 Å². The number of benzene rings is 2. The highest BCUT2D eigenvalue weighted by molar-refractivity contribution is 6.30. The molecule has 0 radical (unpaired) electrons. The number of rotatable bonds is 4. The van der Waals surface area contributed by atoms with Gasteiger partial charge in [0.15, 0.2) is 0 Å². The summed E-state index contributed by atoms with van der Waals surface area (Å²) in [7, 11) is 0. The van der Waals surface area contributed by atoms with Crippen molar-refractivity contribution < 1.29 is 0 Å². The molecule has 0 aliphatic carbocycles. The van der Waals surface area contributed by atoms with Gasteiger partial charge in [0.05, 0.1) is 11.3 Å². The van der Waals surface area contributed by atoms with E-state index in [2.05, 4.69) is 11.4 Å². The van der Waals surface area contributed by atoms with Gasteiger partial charge in [-0.15, -0.1) is 0 Å². The lowest BCUT2D eigenvalue weighted by Crippen LogP contribution is -2.07. The molecule has 0 heterocycles. The van der Waals surface area contributed by atoms with Crippen LogP contribution in [0.1, 0.15) is 16.7 Å². The van der Waals surface area contributed by atoms with E-state index in [1.807, 2.05) is 30.3 Å². The van der Waals surface area contributed by atoms with Crippen LogP contribution in [0.25, 0.3) is 0 Å². The molecule has 0 aliphatic rings. The Morgan fingerprint density at radius 1 is 1.16 bits per heavy atom. The molecule has 3 N–H and O–H groups in total. The minimum Gasteiger partial charge on any atom is -0.380 e. The molecule has 0 amide bonds. The van der Waals surface area contributed by atoms with E-state index < -0.39 is 0 Å². The Hall–Kier alpha value is -2.02. The number of nitriles is 1. The molecule has 3 nitrogen and oxygen atoms in total. The minimum absolute atomic E-state index is 0.504. The quantitative estimate of drug-likeness (QED) is 0.897. The lowest BCUT2D eigenvalue weighted by molar-refractivity contribution is 1.01. The Balaban J connectivity index is 2.17. The van der Waals surface area contributed by atoms with Crippen molar-refractivity contribution in [3.8, 4) is 6.07 Å². The molecule has 0 atom stereocenters. The van der Waals surface area contributed by atoms with Crippen molar-refractivity contribution in [2.45, 2.75) is 13.1 Å². The van der Waals surface area contributed by atoms with Crippen LogP contribution in [0.5, 0.6) is 0 Å². The number of nitrogens with one attached hydrogen (secondary N) is 1. The molecule has 0 unspecified atom stereocenters. The highest BCUT2D eigenvalue weighted by Gasteiger charge is 2.04. The molecule has 0 aromatic heterocycles. The predicted octanol–water partition coefficient (Wildman–Crippen LogP) is 3.28. The van der Waals surface area contributed by atoms with Crippen LogP contribution in [0.4, 0.5) is 5.69 Å². The summed E-state index contributed by atoms with van der Waals surface area (Å²) in [5.74, 6) is 0. The first kappa shape index (κ1) is 13.4. The third-order valence-corrected chi connectivity index (χ3v) is 3.14. The van der Waals surface area contributed by atoms with Crippen LogP contribution in [0, 0.1) is 11.3 Å². The second kappa shape index (κ2) is 6.24. The molecule has 0 fully saturated rings. The van der Waals surface area contributed by atoms with Crippen LogP contribution in [0.15, 0.2) is 42.5 Å². The summed E-state index contributed by atoms with van der Waals surface area (Å²) in [6.45, 7) is 1.13. The predicted molar refractivity (Wildman–Crippen MR) is 77.8 cm³/mol. The molecule has 0 saturated heterocycles. The molecule has 2 aromatic carbocycles. The van der Waals surface area contributed by atoms with Crippen molar-refractivity contribution in [3.05, 3.63) is 64.2 Å². The zero-order chi connectivity index (χ0) is 13.7. The van der Waals surface area contributed by atoms with Crippen LogP contribution in [-0.4, -0.2) is 0 Å².